The van der Waals surface area contributed by atoms with Gasteiger partial charge < -0.3 is 15.8 Å². The zero-order valence-electron chi connectivity index (χ0n) is 11.3. The molecular weight excluding hydrogens is 254 g/mol. The Hall–Kier alpha value is -2.40. The second kappa shape index (κ2) is 6.68. The van der Waals surface area contributed by atoms with Gasteiger partial charge in [0.05, 0.1) is 6.61 Å². The molecule has 0 unspecified atom stereocenters. The van der Waals surface area contributed by atoms with Crippen LogP contribution in [-0.2, 0) is 6.54 Å². The van der Waals surface area contributed by atoms with E-state index < -0.39 is 0 Å². The van der Waals surface area contributed by atoms with Gasteiger partial charge in [-0.2, -0.15) is 0 Å². The Morgan fingerprint density at radius 3 is 2.55 bits per heavy atom. The van der Waals surface area contributed by atoms with Crippen molar-refractivity contribution in [3.63, 3.8) is 0 Å². The molecule has 0 spiro atoms. The number of rotatable bonds is 5. The number of anilines is 1. The zero-order valence-corrected chi connectivity index (χ0v) is 11.3. The molecule has 0 aliphatic carbocycles. The van der Waals surface area contributed by atoms with Gasteiger partial charge in [-0.15, -0.1) is 0 Å². The number of carbonyl (C=O) groups is 1. The zero-order chi connectivity index (χ0) is 14.4. The molecule has 20 heavy (non-hydrogen) atoms. The molecule has 1 aromatic carbocycles. The summed E-state index contributed by atoms with van der Waals surface area (Å²) in [6, 6.07) is 10.5. The van der Waals surface area contributed by atoms with E-state index in [4.69, 9.17) is 10.5 Å². The van der Waals surface area contributed by atoms with Crippen LogP contribution in [0.2, 0.25) is 0 Å². The first-order valence-corrected chi connectivity index (χ1v) is 6.42. The first-order chi connectivity index (χ1) is 9.72. The molecule has 1 aromatic heterocycles. The third kappa shape index (κ3) is 3.55. The van der Waals surface area contributed by atoms with Crippen LogP contribution >= 0.6 is 0 Å². The lowest BCUT2D eigenvalue weighted by Crippen LogP contribution is -2.13. The van der Waals surface area contributed by atoms with Crippen LogP contribution in [0.5, 0.6) is 5.75 Å². The number of pyridine rings is 1. The number of benzene rings is 1. The standard InChI is InChI=1S/C15H17N3O2/c1-2-20-13-6-4-12(5-7-13)15(19)18-14-8-3-11(9-16)10-17-14/h3-8,10H,2,9,16H2,1H3,(H,17,18,19). The van der Waals surface area contributed by atoms with Crippen LogP contribution in [0.3, 0.4) is 0 Å². The number of amides is 1. The fourth-order valence-electron chi connectivity index (χ4n) is 1.68. The number of ether oxygens (including phenoxy) is 1. The summed E-state index contributed by atoms with van der Waals surface area (Å²) in [5.74, 6) is 1.04. The predicted octanol–water partition coefficient (Wildman–Crippen LogP) is 2.19. The predicted molar refractivity (Wildman–Crippen MR) is 77.7 cm³/mol. The van der Waals surface area contributed by atoms with Gasteiger partial charge >= 0.3 is 0 Å². The maximum absolute atomic E-state index is 12.0. The first kappa shape index (κ1) is 14.0. The largest absolute Gasteiger partial charge is 0.494 e. The molecule has 0 bridgehead atoms. The SMILES string of the molecule is CCOc1ccc(C(=O)Nc2ccc(CN)cn2)cc1. The molecule has 0 saturated carbocycles. The topological polar surface area (TPSA) is 77.2 Å². The van der Waals surface area contributed by atoms with Gasteiger partial charge in [0.2, 0.25) is 0 Å². The Kier molecular flexibility index (Phi) is 4.68. The third-order valence-electron chi connectivity index (χ3n) is 2.73. The minimum atomic E-state index is -0.207. The highest BCUT2D eigenvalue weighted by atomic mass is 16.5. The molecule has 0 saturated heterocycles. The quantitative estimate of drug-likeness (QED) is 0.874. The summed E-state index contributed by atoms with van der Waals surface area (Å²) in [4.78, 5) is 16.1. The summed E-state index contributed by atoms with van der Waals surface area (Å²) in [6.07, 6.45) is 1.65. The second-order valence-electron chi connectivity index (χ2n) is 4.17. The Morgan fingerprint density at radius 1 is 1.25 bits per heavy atom. The number of nitrogens with two attached hydrogens (primary N) is 1. The molecule has 0 atom stereocenters. The Balaban J connectivity index is 2.03. The van der Waals surface area contributed by atoms with Crippen LogP contribution in [-0.4, -0.2) is 17.5 Å². The molecule has 2 rings (SSSR count). The minimum Gasteiger partial charge on any atom is -0.494 e. The molecule has 5 heteroatoms. The number of carbonyl (C=O) groups excluding carboxylic acids is 1. The van der Waals surface area contributed by atoms with E-state index in [2.05, 4.69) is 10.3 Å². The van der Waals surface area contributed by atoms with Gasteiger partial charge in [-0.3, -0.25) is 4.79 Å². The summed E-state index contributed by atoms with van der Waals surface area (Å²) < 4.78 is 5.33. The van der Waals surface area contributed by atoms with Gasteiger partial charge in [0.15, 0.2) is 0 Å². The van der Waals surface area contributed by atoms with Gasteiger partial charge in [0.1, 0.15) is 11.6 Å². The van der Waals surface area contributed by atoms with E-state index in [9.17, 15) is 4.79 Å². The van der Waals surface area contributed by atoms with E-state index in [1.165, 1.54) is 0 Å². The van der Waals surface area contributed by atoms with E-state index in [0.29, 0.717) is 24.5 Å². The second-order valence-corrected chi connectivity index (χ2v) is 4.17. The van der Waals surface area contributed by atoms with E-state index in [1.807, 2.05) is 13.0 Å². The van der Waals surface area contributed by atoms with Crippen molar-refractivity contribution < 1.29 is 9.53 Å². The van der Waals surface area contributed by atoms with E-state index in [-0.39, 0.29) is 5.91 Å². The fourth-order valence-corrected chi connectivity index (χ4v) is 1.68. The molecule has 1 amide bonds. The molecule has 104 valence electrons. The number of hydrogen-bond donors (Lipinski definition) is 2. The van der Waals surface area contributed by atoms with Crippen LogP contribution < -0.4 is 15.8 Å². The lowest BCUT2D eigenvalue weighted by atomic mass is 10.2. The number of nitrogens with one attached hydrogen (secondary N) is 1. The fraction of sp³-hybridized carbons (Fsp3) is 0.200. The Labute approximate surface area is 117 Å². The average Bonchev–Trinajstić information content (AvgIpc) is 2.49. The molecular formula is C15H17N3O2. The van der Waals surface area contributed by atoms with Crippen LogP contribution in [0.4, 0.5) is 5.82 Å². The van der Waals surface area contributed by atoms with Crippen molar-refractivity contribution in [2.24, 2.45) is 5.73 Å². The van der Waals surface area contributed by atoms with Crippen molar-refractivity contribution in [1.29, 1.82) is 0 Å². The maximum Gasteiger partial charge on any atom is 0.256 e. The first-order valence-electron chi connectivity index (χ1n) is 6.42. The highest BCUT2D eigenvalue weighted by Crippen LogP contribution is 2.13. The average molecular weight is 271 g/mol. The van der Waals surface area contributed by atoms with Crippen LogP contribution in [0.25, 0.3) is 0 Å². The molecule has 5 nitrogen and oxygen atoms in total. The van der Waals surface area contributed by atoms with Gasteiger partial charge in [-0.1, -0.05) is 6.07 Å². The van der Waals surface area contributed by atoms with Crippen molar-refractivity contribution in [3.05, 3.63) is 53.7 Å². The summed E-state index contributed by atoms with van der Waals surface area (Å²) in [5.41, 5.74) is 6.97. The molecule has 1 heterocycles. The third-order valence-corrected chi connectivity index (χ3v) is 2.73. The molecule has 3 N–H and O–H groups in total. The van der Waals surface area contributed by atoms with Crippen molar-refractivity contribution >= 4 is 11.7 Å². The van der Waals surface area contributed by atoms with Crippen molar-refractivity contribution in [3.8, 4) is 5.75 Å². The van der Waals surface area contributed by atoms with E-state index in [1.54, 1.807) is 36.5 Å². The van der Waals surface area contributed by atoms with Gasteiger partial charge in [0.25, 0.3) is 5.91 Å². The van der Waals surface area contributed by atoms with Crippen LogP contribution in [0, 0.1) is 0 Å². The van der Waals surface area contributed by atoms with Crippen LogP contribution in [0.15, 0.2) is 42.6 Å². The summed E-state index contributed by atoms with van der Waals surface area (Å²) in [7, 11) is 0. The molecule has 0 fully saturated rings. The highest BCUT2D eigenvalue weighted by Gasteiger charge is 2.06. The number of nitrogens with zero attached hydrogens (tertiary/aromatic N) is 1. The molecule has 0 aliphatic rings. The van der Waals surface area contributed by atoms with Crippen molar-refractivity contribution in [1.82, 2.24) is 4.98 Å². The Morgan fingerprint density at radius 2 is 2.00 bits per heavy atom. The highest BCUT2D eigenvalue weighted by molar-refractivity contribution is 6.03. The lowest BCUT2D eigenvalue weighted by molar-refractivity contribution is 0.102. The maximum atomic E-state index is 12.0. The van der Waals surface area contributed by atoms with Gasteiger partial charge in [0, 0.05) is 18.3 Å². The van der Waals surface area contributed by atoms with E-state index >= 15 is 0 Å². The summed E-state index contributed by atoms with van der Waals surface area (Å²) >= 11 is 0. The molecule has 2 aromatic rings. The molecule has 0 radical (unpaired) electrons. The molecule has 0 aliphatic heterocycles. The minimum absolute atomic E-state index is 0.207. The van der Waals surface area contributed by atoms with Crippen molar-refractivity contribution in [2.45, 2.75) is 13.5 Å². The Bertz CT molecular complexity index is 565. The smallest absolute Gasteiger partial charge is 0.256 e. The lowest BCUT2D eigenvalue weighted by Gasteiger charge is -2.06. The van der Waals surface area contributed by atoms with Gasteiger partial charge in [-0.25, -0.2) is 4.98 Å². The number of aromatic nitrogens is 1. The van der Waals surface area contributed by atoms with Gasteiger partial charge in [-0.05, 0) is 42.8 Å². The summed E-state index contributed by atoms with van der Waals surface area (Å²) in [6.45, 7) is 2.94. The van der Waals surface area contributed by atoms with Crippen LogP contribution in [0.1, 0.15) is 22.8 Å². The monoisotopic (exact) mass is 271 g/mol. The normalized spacial score (nSPS) is 10.1. The van der Waals surface area contributed by atoms with E-state index in [0.717, 1.165) is 11.3 Å². The summed E-state index contributed by atoms with van der Waals surface area (Å²) in [5, 5.41) is 2.73. The number of hydrogen-bond acceptors (Lipinski definition) is 4. The van der Waals surface area contributed by atoms with Crippen molar-refractivity contribution in [2.75, 3.05) is 11.9 Å².